The van der Waals surface area contributed by atoms with Crippen molar-refractivity contribution in [1.29, 1.82) is 0 Å². The number of nitrogens with one attached hydrogen (secondary N) is 2. The van der Waals surface area contributed by atoms with Crippen LogP contribution >= 0.6 is 0 Å². The maximum absolute atomic E-state index is 14.1. The molecule has 0 fully saturated rings. The Morgan fingerprint density at radius 2 is 1.88 bits per heavy atom. The Bertz CT molecular complexity index is 1650. The van der Waals surface area contributed by atoms with Crippen molar-refractivity contribution < 1.29 is 9.13 Å². The molecule has 0 unspecified atom stereocenters. The van der Waals surface area contributed by atoms with E-state index in [4.69, 9.17) is 4.74 Å². The second-order valence-electron chi connectivity index (χ2n) is 7.78. The Labute approximate surface area is 187 Å². The van der Waals surface area contributed by atoms with Crippen LogP contribution in [0.15, 0.2) is 61.2 Å². The average Bonchev–Trinajstić information content (AvgIpc) is 3.55. The molecule has 0 amide bonds. The maximum atomic E-state index is 14.1. The summed E-state index contributed by atoms with van der Waals surface area (Å²) in [5, 5.41) is 13.4. The topological polar surface area (TPSA) is 97.3 Å². The van der Waals surface area contributed by atoms with Gasteiger partial charge >= 0.3 is 0 Å². The summed E-state index contributed by atoms with van der Waals surface area (Å²) in [6, 6.07) is 10.5. The van der Waals surface area contributed by atoms with Crippen LogP contribution in [0, 0.1) is 5.82 Å². The van der Waals surface area contributed by atoms with Crippen LogP contribution < -0.4 is 4.74 Å². The van der Waals surface area contributed by atoms with E-state index in [2.05, 4.69) is 30.2 Å². The Balaban J connectivity index is 1.50. The normalized spacial score (nSPS) is 11.5. The van der Waals surface area contributed by atoms with Crippen LogP contribution in [0.2, 0.25) is 0 Å². The van der Waals surface area contributed by atoms with Crippen molar-refractivity contribution in [2.75, 3.05) is 7.11 Å². The van der Waals surface area contributed by atoms with Crippen molar-refractivity contribution in [3.8, 4) is 39.5 Å². The minimum absolute atomic E-state index is 0.382. The number of pyridine rings is 2. The first-order chi connectivity index (χ1) is 16.1. The fourth-order valence-corrected chi connectivity index (χ4v) is 4.07. The highest BCUT2D eigenvalue weighted by atomic mass is 19.1. The minimum Gasteiger partial charge on any atom is -0.497 e. The van der Waals surface area contributed by atoms with E-state index < -0.39 is 0 Å². The van der Waals surface area contributed by atoms with E-state index in [9.17, 15) is 4.39 Å². The van der Waals surface area contributed by atoms with Gasteiger partial charge in [-0.15, -0.1) is 0 Å². The monoisotopic (exact) mass is 439 g/mol. The molecule has 6 rings (SSSR count). The lowest BCUT2D eigenvalue weighted by atomic mass is 10.1. The van der Waals surface area contributed by atoms with Gasteiger partial charge in [0.2, 0.25) is 0 Å². The van der Waals surface area contributed by atoms with Crippen LogP contribution in [0.4, 0.5) is 4.39 Å². The number of methoxy groups -OCH3 is 1. The van der Waals surface area contributed by atoms with Gasteiger partial charge in [-0.2, -0.15) is 10.2 Å². The molecule has 0 aliphatic carbocycles. The van der Waals surface area contributed by atoms with E-state index in [1.54, 1.807) is 29.3 Å². The molecular formula is C24H18FN7O. The van der Waals surface area contributed by atoms with Crippen molar-refractivity contribution in [3.05, 3.63) is 67.0 Å². The molecule has 2 N–H and O–H groups in total. The Kier molecular flexibility index (Phi) is 4.22. The summed E-state index contributed by atoms with van der Waals surface area (Å²) in [6.07, 6.45) is 7.23. The molecule has 5 aromatic heterocycles. The largest absolute Gasteiger partial charge is 0.497 e. The Morgan fingerprint density at radius 3 is 2.70 bits per heavy atom. The van der Waals surface area contributed by atoms with Crippen LogP contribution in [-0.4, -0.2) is 42.0 Å². The highest BCUT2D eigenvalue weighted by molar-refractivity contribution is 6.00. The van der Waals surface area contributed by atoms with Gasteiger partial charge in [0.05, 0.1) is 30.4 Å². The van der Waals surface area contributed by atoms with Crippen LogP contribution in [0.1, 0.15) is 0 Å². The first kappa shape index (κ1) is 19.2. The molecule has 6 aromatic rings. The summed E-state index contributed by atoms with van der Waals surface area (Å²) >= 11 is 0. The van der Waals surface area contributed by atoms with Gasteiger partial charge in [0.25, 0.3) is 0 Å². The van der Waals surface area contributed by atoms with Gasteiger partial charge in [-0.05, 0) is 30.3 Å². The van der Waals surface area contributed by atoms with E-state index >= 15 is 0 Å². The van der Waals surface area contributed by atoms with Crippen molar-refractivity contribution in [2.45, 2.75) is 0 Å². The molecule has 0 aliphatic rings. The third kappa shape index (κ3) is 3.21. The zero-order valence-corrected chi connectivity index (χ0v) is 17.8. The lowest BCUT2D eigenvalue weighted by Crippen LogP contribution is -1.89. The SMILES string of the molecule is COc1cc(F)cc(-c2nccc3[nH]c(-c4[nH]nc5ncc(-c6cnn(C)c6)cc45)cc23)c1. The molecule has 9 heteroatoms. The van der Waals surface area contributed by atoms with Crippen molar-refractivity contribution in [1.82, 2.24) is 34.9 Å². The number of hydrogen-bond acceptors (Lipinski definition) is 5. The molecular weight excluding hydrogens is 421 g/mol. The van der Waals surface area contributed by atoms with Gasteiger partial charge in [0, 0.05) is 64.7 Å². The summed E-state index contributed by atoms with van der Waals surface area (Å²) in [6.45, 7) is 0. The molecule has 1 aromatic carbocycles. The Morgan fingerprint density at radius 1 is 0.970 bits per heavy atom. The quantitative estimate of drug-likeness (QED) is 0.414. The molecule has 33 heavy (non-hydrogen) atoms. The number of hydrogen-bond donors (Lipinski definition) is 2. The molecule has 162 valence electrons. The first-order valence-corrected chi connectivity index (χ1v) is 10.3. The highest BCUT2D eigenvalue weighted by Crippen LogP contribution is 2.34. The molecule has 0 saturated carbocycles. The summed E-state index contributed by atoms with van der Waals surface area (Å²) in [7, 11) is 3.39. The van der Waals surface area contributed by atoms with Crippen LogP contribution in [0.25, 0.3) is 55.7 Å². The zero-order chi connectivity index (χ0) is 22.5. The number of benzene rings is 1. The van der Waals surface area contributed by atoms with Crippen molar-refractivity contribution >= 4 is 21.9 Å². The number of H-pyrrole nitrogens is 2. The molecule has 8 nitrogen and oxygen atoms in total. The van der Waals surface area contributed by atoms with Gasteiger partial charge in [0.1, 0.15) is 11.6 Å². The van der Waals surface area contributed by atoms with E-state index in [0.717, 1.165) is 38.8 Å². The number of ether oxygens (including phenoxy) is 1. The molecule has 0 radical (unpaired) electrons. The van der Waals surface area contributed by atoms with Crippen LogP contribution in [0.3, 0.4) is 0 Å². The maximum Gasteiger partial charge on any atom is 0.181 e. The minimum atomic E-state index is -0.382. The lowest BCUT2D eigenvalue weighted by molar-refractivity contribution is 0.411. The predicted octanol–water partition coefficient (Wildman–Crippen LogP) is 4.72. The second kappa shape index (κ2) is 7.27. The number of aryl methyl sites for hydroxylation is 1. The van der Waals surface area contributed by atoms with Crippen molar-refractivity contribution in [2.24, 2.45) is 7.05 Å². The molecule has 0 saturated heterocycles. The number of aromatic amines is 2. The summed E-state index contributed by atoms with van der Waals surface area (Å²) < 4.78 is 21.1. The standard InChI is InChI=1S/C24H18FN7O/c1-32-12-15(11-28-32)14-7-19-23(30-31-24(19)27-10-14)21-9-18-20(29-21)3-4-26-22(18)13-5-16(25)8-17(6-13)33-2/h3-12,29H,1-2H3,(H,27,30,31). The lowest BCUT2D eigenvalue weighted by Gasteiger charge is -2.06. The van der Waals surface area contributed by atoms with Gasteiger partial charge in [0.15, 0.2) is 5.65 Å². The first-order valence-electron chi connectivity index (χ1n) is 10.3. The number of fused-ring (bicyclic) bond motifs is 2. The predicted molar refractivity (Wildman–Crippen MR) is 123 cm³/mol. The van der Waals surface area contributed by atoms with Gasteiger partial charge in [-0.3, -0.25) is 14.8 Å². The Hall–Kier alpha value is -4.53. The third-order valence-electron chi connectivity index (χ3n) is 5.65. The van der Waals surface area contributed by atoms with Crippen LogP contribution in [0.5, 0.6) is 5.75 Å². The van der Waals surface area contributed by atoms with E-state index in [-0.39, 0.29) is 5.82 Å². The van der Waals surface area contributed by atoms with Crippen LogP contribution in [-0.2, 0) is 7.05 Å². The molecule has 5 heterocycles. The van der Waals surface area contributed by atoms with E-state index in [1.165, 1.54) is 19.2 Å². The summed E-state index contributed by atoms with van der Waals surface area (Å²) in [5.41, 5.74) is 6.34. The van der Waals surface area contributed by atoms with E-state index in [0.29, 0.717) is 22.7 Å². The summed E-state index contributed by atoms with van der Waals surface area (Å²) in [4.78, 5) is 12.4. The smallest absolute Gasteiger partial charge is 0.181 e. The van der Waals surface area contributed by atoms with Gasteiger partial charge < -0.3 is 9.72 Å². The fourth-order valence-electron chi connectivity index (χ4n) is 4.07. The fraction of sp³-hybridized carbons (Fsp3) is 0.0833. The number of aromatic nitrogens is 7. The zero-order valence-electron chi connectivity index (χ0n) is 17.8. The average molecular weight is 439 g/mol. The van der Waals surface area contributed by atoms with E-state index in [1.807, 2.05) is 31.4 Å². The summed E-state index contributed by atoms with van der Waals surface area (Å²) in [5.74, 6) is 0.0561. The molecule has 0 aliphatic heterocycles. The molecule has 0 bridgehead atoms. The second-order valence-corrected chi connectivity index (χ2v) is 7.78. The highest BCUT2D eigenvalue weighted by Gasteiger charge is 2.16. The molecule has 0 spiro atoms. The third-order valence-corrected chi connectivity index (χ3v) is 5.65. The number of nitrogens with zero attached hydrogens (tertiary/aromatic N) is 5. The number of rotatable bonds is 4. The molecule has 0 atom stereocenters. The van der Waals surface area contributed by atoms with Crippen molar-refractivity contribution in [3.63, 3.8) is 0 Å². The van der Waals surface area contributed by atoms with Gasteiger partial charge in [-0.1, -0.05) is 0 Å². The van der Waals surface area contributed by atoms with Gasteiger partial charge in [-0.25, -0.2) is 9.37 Å². The number of halogens is 1.